The molecule has 2 fully saturated rings. The van der Waals surface area contributed by atoms with Gasteiger partial charge in [0, 0.05) is 25.7 Å². The van der Waals surface area contributed by atoms with Crippen molar-refractivity contribution in [2.75, 3.05) is 31.1 Å². The minimum Gasteiger partial charge on any atom is -0.387 e. The van der Waals surface area contributed by atoms with Crippen LogP contribution in [-0.4, -0.2) is 52.1 Å². The molecule has 2 aliphatic rings. The minimum absolute atomic E-state index is 0.00213. The van der Waals surface area contributed by atoms with E-state index in [1.54, 1.807) is 4.90 Å². The van der Waals surface area contributed by atoms with E-state index in [0.29, 0.717) is 6.54 Å². The molecule has 2 aliphatic heterocycles. The third-order valence-electron chi connectivity index (χ3n) is 4.09. The Balaban J connectivity index is 1.84. The Morgan fingerprint density at radius 2 is 2.10 bits per heavy atom. The molecule has 108 valence electrons. The molecule has 0 spiro atoms. The Morgan fingerprint density at radius 3 is 2.70 bits per heavy atom. The molecule has 1 aromatic heterocycles. The Morgan fingerprint density at radius 1 is 1.35 bits per heavy atom. The lowest BCUT2D eigenvalue weighted by Gasteiger charge is -2.40. The highest BCUT2D eigenvalue weighted by molar-refractivity contribution is 5.78. The van der Waals surface area contributed by atoms with Gasteiger partial charge in [-0.25, -0.2) is 9.97 Å². The van der Waals surface area contributed by atoms with E-state index in [9.17, 15) is 4.79 Å². The van der Waals surface area contributed by atoms with Crippen LogP contribution in [0.1, 0.15) is 36.8 Å². The maximum atomic E-state index is 11.6. The highest BCUT2D eigenvalue weighted by atomic mass is 16.3. The van der Waals surface area contributed by atoms with Crippen LogP contribution in [0.5, 0.6) is 0 Å². The van der Waals surface area contributed by atoms with Crippen molar-refractivity contribution in [1.82, 2.24) is 14.9 Å². The van der Waals surface area contributed by atoms with Gasteiger partial charge in [0.2, 0.25) is 5.91 Å². The maximum Gasteiger partial charge on any atom is 0.248 e. The molecule has 1 N–H and O–H groups in total. The average Bonchev–Trinajstić information content (AvgIpc) is 2.90. The van der Waals surface area contributed by atoms with Gasteiger partial charge in [-0.3, -0.25) is 4.79 Å². The van der Waals surface area contributed by atoms with E-state index < -0.39 is 6.61 Å². The van der Waals surface area contributed by atoms with Gasteiger partial charge in [-0.1, -0.05) is 0 Å². The number of hydrogen-bond donors (Lipinski definition) is 1. The van der Waals surface area contributed by atoms with E-state index in [0.717, 1.165) is 36.8 Å². The predicted molar refractivity (Wildman–Crippen MR) is 74.4 cm³/mol. The van der Waals surface area contributed by atoms with Crippen molar-refractivity contribution in [1.29, 1.82) is 0 Å². The summed E-state index contributed by atoms with van der Waals surface area (Å²) in [6, 6.07) is 2.00. The number of likely N-dealkylation sites (tertiary alicyclic amines) is 1. The van der Waals surface area contributed by atoms with Crippen molar-refractivity contribution in [3.05, 3.63) is 17.6 Å². The zero-order valence-corrected chi connectivity index (χ0v) is 11.7. The van der Waals surface area contributed by atoms with E-state index in [1.807, 2.05) is 13.0 Å². The molecule has 3 heterocycles. The molecule has 0 aromatic carbocycles. The molecule has 0 aliphatic carbocycles. The van der Waals surface area contributed by atoms with Crippen molar-refractivity contribution < 1.29 is 9.90 Å². The van der Waals surface area contributed by atoms with Crippen LogP contribution in [0.15, 0.2) is 6.07 Å². The number of carbonyl (C=O) groups excluding carboxylic acids is 1. The number of aromatic nitrogens is 2. The second-order valence-corrected chi connectivity index (χ2v) is 5.44. The van der Waals surface area contributed by atoms with Gasteiger partial charge >= 0.3 is 0 Å². The number of nitrogens with zero attached hydrogens (tertiary/aromatic N) is 4. The lowest BCUT2D eigenvalue weighted by Crippen LogP contribution is -2.46. The predicted octanol–water partition coefficient (Wildman–Crippen LogP) is 0.651. The topological polar surface area (TPSA) is 69.6 Å². The van der Waals surface area contributed by atoms with Gasteiger partial charge in [-0.05, 0) is 26.2 Å². The van der Waals surface area contributed by atoms with Crippen molar-refractivity contribution in [2.24, 2.45) is 0 Å². The molecule has 1 unspecified atom stereocenters. The van der Waals surface area contributed by atoms with Crippen molar-refractivity contribution in [3.8, 4) is 0 Å². The Labute approximate surface area is 118 Å². The molecule has 1 aromatic rings. The molecule has 0 saturated carbocycles. The first kappa shape index (κ1) is 13.3. The third kappa shape index (κ3) is 2.35. The number of aliphatic hydroxyl groups excluding tert-OH is 1. The normalized spacial score (nSPS) is 22.0. The van der Waals surface area contributed by atoms with E-state index in [-0.39, 0.29) is 11.9 Å². The lowest BCUT2D eigenvalue weighted by molar-refractivity contribution is -0.142. The fraction of sp³-hybridized carbons (Fsp3) is 0.643. The molecule has 3 rings (SSSR count). The fourth-order valence-electron chi connectivity index (χ4n) is 2.94. The Bertz CT molecular complexity index is 514. The largest absolute Gasteiger partial charge is 0.387 e. The highest BCUT2D eigenvalue weighted by Crippen LogP contribution is 2.33. The first-order chi connectivity index (χ1) is 9.69. The first-order valence-electron chi connectivity index (χ1n) is 7.20. The van der Waals surface area contributed by atoms with Crippen LogP contribution < -0.4 is 4.90 Å². The number of carbonyl (C=O) groups is 1. The molecule has 6 heteroatoms. The number of aliphatic hydroxyl groups is 1. The number of amides is 1. The lowest BCUT2D eigenvalue weighted by atomic mass is 9.99. The van der Waals surface area contributed by atoms with Gasteiger partial charge in [0.25, 0.3) is 0 Å². The van der Waals surface area contributed by atoms with Gasteiger partial charge in [-0.15, -0.1) is 0 Å². The minimum atomic E-state index is -0.431. The summed E-state index contributed by atoms with van der Waals surface area (Å²) in [5, 5.41) is 8.98. The number of aryl methyl sites for hydroxylation is 1. The summed E-state index contributed by atoms with van der Waals surface area (Å²) < 4.78 is 0. The fourth-order valence-corrected chi connectivity index (χ4v) is 2.94. The summed E-state index contributed by atoms with van der Waals surface area (Å²) in [5.74, 6) is 1.49. The van der Waals surface area contributed by atoms with Gasteiger partial charge in [0.05, 0.1) is 11.7 Å². The van der Waals surface area contributed by atoms with E-state index in [2.05, 4.69) is 14.9 Å². The third-order valence-corrected chi connectivity index (χ3v) is 4.09. The van der Waals surface area contributed by atoms with Crippen molar-refractivity contribution in [3.63, 3.8) is 0 Å². The van der Waals surface area contributed by atoms with Crippen molar-refractivity contribution in [2.45, 2.75) is 32.2 Å². The Kier molecular flexibility index (Phi) is 3.56. The SMILES string of the molecule is Cc1nc(C2CCN2C(=O)CO)cc(N2CCCC2)n1. The zero-order valence-electron chi connectivity index (χ0n) is 11.7. The van der Waals surface area contributed by atoms with Gasteiger partial charge in [0.15, 0.2) is 0 Å². The molecule has 0 radical (unpaired) electrons. The molecule has 20 heavy (non-hydrogen) atoms. The van der Waals surface area contributed by atoms with Gasteiger partial charge in [0.1, 0.15) is 18.2 Å². The molecular formula is C14H20N4O2. The number of anilines is 1. The molecule has 1 amide bonds. The van der Waals surface area contributed by atoms with Crippen LogP contribution in [-0.2, 0) is 4.79 Å². The van der Waals surface area contributed by atoms with Crippen molar-refractivity contribution >= 4 is 11.7 Å². The van der Waals surface area contributed by atoms with Crippen LogP contribution in [0.3, 0.4) is 0 Å². The summed E-state index contributed by atoms with van der Waals surface area (Å²) in [6.45, 7) is 4.24. The standard InChI is InChI=1S/C14H20N4O2/c1-10-15-11(12-4-7-18(12)14(20)9-19)8-13(16-10)17-5-2-3-6-17/h8,12,19H,2-7,9H2,1H3. The Hall–Kier alpha value is -1.69. The van der Waals surface area contributed by atoms with Gasteiger partial charge in [-0.2, -0.15) is 0 Å². The second-order valence-electron chi connectivity index (χ2n) is 5.44. The number of hydrogen-bond acceptors (Lipinski definition) is 5. The summed E-state index contributed by atoms with van der Waals surface area (Å²) in [5.41, 5.74) is 0.896. The van der Waals surface area contributed by atoms with Gasteiger partial charge < -0.3 is 14.9 Å². The molecule has 0 bridgehead atoms. The maximum absolute atomic E-state index is 11.6. The molecule has 2 saturated heterocycles. The first-order valence-corrected chi connectivity index (χ1v) is 7.20. The van der Waals surface area contributed by atoms with E-state index in [4.69, 9.17) is 5.11 Å². The van der Waals surface area contributed by atoms with Crippen LogP contribution in [0, 0.1) is 6.92 Å². The van der Waals surface area contributed by atoms with Crippen LogP contribution >= 0.6 is 0 Å². The summed E-state index contributed by atoms with van der Waals surface area (Å²) >= 11 is 0. The molecular weight excluding hydrogens is 256 g/mol. The van der Waals surface area contributed by atoms with Crippen LogP contribution in [0.25, 0.3) is 0 Å². The second kappa shape index (κ2) is 5.36. The monoisotopic (exact) mass is 276 g/mol. The van der Waals surface area contributed by atoms with Crippen LogP contribution in [0.4, 0.5) is 5.82 Å². The molecule has 1 atom stereocenters. The van der Waals surface area contributed by atoms with E-state index >= 15 is 0 Å². The smallest absolute Gasteiger partial charge is 0.248 e. The summed E-state index contributed by atoms with van der Waals surface area (Å²) in [6.07, 6.45) is 3.31. The highest BCUT2D eigenvalue weighted by Gasteiger charge is 2.34. The quantitative estimate of drug-likeness (QED) is 0.878. The summed E-state index contributed by atoms with van der Waals surface area (Å²) in [4.78, 5) is 24.6. The zero-order chi connectivity index (χ0) is 14.1. The number of rotatable bonds is 3. The summed E-state index contributed by atoms with van der Waals surface area (Å²) in [7, 11) is 0. The molecule has 6 nitrogen and oxygen atoms in total. The van der Waals surface area contributed by atoms with Crippen LogP contribution in [0.2, 0.25) is 0 Å². The van der Waals surface area contributed by atoms with E-state index in [1.165, 1.54) is 12.8 Å². The average molecular weight is 276 g/mol.